The fraction of sp³-hybridized carbons (Fsp3) is 0. The van der Waals surface area contributed by atoms with Crippen molar-refractivity contribution in [1.82, 2.24) is 15.4 Å². The summed E-state index contributed by atoms with van der Waals surface area (Å²) in [6, 6.07) is 12.0. The molecule has 0 aliphatic carbocycles. The number of aromatic nitrogens is 3. The van der Waals surface area contributed by atoms with E-state index < -0.39 is 0 Å². The van der Waals surface area contributed by atoms with E-state index in [4.69, 9.17) is 5.73 Å². The van der Waals surface area contributed by atoms with E-state index in [0.29, 0.717) is 5.69 Å². The maximum Gasteiger partial charge on any atom is 0.115 e. The van der Waals surface area contributed by atoms with Crippen molar-refractivity contribution >= 4 is 16.5 Å². The van der Waals surface area contributed by atoms with E-state index in [1.165, 1.54) is 0 Å². The van der Waals surface area contributed by atoms with E-state index in [1.54, 1.807) is 6.20 Å². The number of hydrogen-bond acceptors (Lipinski definition) is 3. The van der Waals surface area contributed by atoms with Gasteiger partial charge < -0.3 is 5.73 Å². The molecule has 0 aliphatic heterocycles. The first kappa shape index (κ1) is 8.91. The van der Waals surface area contributed by atoms with Crippen molar-refractivity contribution in [3.8, 4) is 11.3 Å². The van der Waals surface area contributed by atoms with Gasteiger partial charge in [-0.1, -0.05) is 30.3 Å². The van der Waals surface area contributed by atoms with Crippen LogP contribution in [-0.4, -0.2) is 15.4 Å². The summed E-state index contributed by atoms with van der Waals surface area (Å²) < 4.78 is 0. The van der Waals surface area contributed by atoms with E-state index in [-0.39, 0.29) is 0 Å². The molecule has 16 heavy (non-hydrogen) atoms. The minimum Gasteiger partial charge on any atom is -0.398 e. The number of aromatic amines is 1. The van der Waals surface area contributed by atoms with Crippen LogP contribution in [0.3, 0.4) is 0 Å². The Bertz CT molecular complexity index is 629. The summed E-state index contributed by atoms with van der Waals surface area (Å²) in [7, 11) is 0. The average Bonchev–Trinajstić information content (AvgIpc) is 2.82. The normalized spacial score (nSPS) is 10.8. The summed E-state index contributed by atoms with van der Waals surface area (Å²) in [5, 5.41) is 12.7. The zero-order chi connectivity index (χ0) is 11.0. The molecule has 0 saturated carbocycles. The number of hydrogen-bond donors (Lipinski definition) is 2. The van der Waals surface area contributed by atoms with Crippen LogP contribution < -0.4 is 5.73 Å². The van der Waals surface area contributed by atoms with Crippen molar-refractivity contribution in [2.45, 2.75) is 0 Å². The van der Waals surface area contributed by atoms with Gasteiger partial charge in [-0.15, -0.1) is 0 Å². The molecule has 4 nitrogen and oxygen atoms in total. The second-order valence-corrected chi connectivity index (χ2v) is 3.61. The Morgan fingerprint density at radius 3 is 2.75 bits per heavy atom. The third kappa shape index (κ3) is 1.24. The van der Waals surface area contributed by atoms with Crippen LogP contribution in [0.4, 0.5) is 5.69 Å². The van der Waals surface area contributed by atoms with Crippen LogP contribution in [0.2, 0.25) is 0 Å². The standard InChI is InChI=1S/C12H10N4/c13-10-6-5-8-3-1-2-4-9(8)12(10)11-7-14-16-15-11/h1-7H,13H2,(H,14,15,16). The molecule has 0 unspecified atom stereocenters. The summed E-state index contributed by atoms with van der Waals surface area (Å²) in [4.78, 5) is 0. The van der Waals surface area contributed by atoms with Crippen molar-refractivity contribution in [2.24, 2.45) is 0 Å². The Morgan fingerprint density at radius 2 is 1.94 bits per heavy atom. The fourth-order valence-electron chi connectivity index (χ4n) is 1.90. The molecule has 1 aromatic heterocycles. The molecular formula is C12H10N4. The highest BCUT2D eigenvalue weighted by Crippen LogP contribution is 2.31. The third-order valence-corrected chi connectivity index (χ3v) is 2.63. The molecule has 4 heteroatoms. The lowest BCUT2D eigenvalue weighted by Gasteiger charge is -2.06. The topological polar surface area (TPSA) is 67.6 Å². The maximum absolute atomic E-state index is 6.00. The highest BCUT2D eigenvalue weighted by atomic mass is 15.3. The van der Waals surface area contributed by atoms with Gasteiger partial charge in [0.05, 0.1) is 6.20 Å². The van der Waals surface area contributed by atoms with Crippen molar-refractivity contribution in [2.75, 3.05) is 5.73 Å². The first-order valence-corrected chi connectivity index (χ1v) is 4.99. The van der Waals surface area contributed by atoms with Gasteiger partial charge in [-0.05, 0) is 16.8 Å². The summed E-state index contributed by atoms with van der Waals surface area (Å²) >= 11 is 0. The molecular weight excluding hydrogens is 200 g/mol. The van der Waals surface area contributed by atoms with Crippen LogP contribution in [0, 0.1) is 0 Å². The number of benzene rings is 2. The predicted octanol–water partition coefficient (Wildman–Crippen LogP) is 2.21. The highest BCUT2D eigenvalue weighted by molar-refractivity contribution is 6.01. The van der Waals surface area contributed by atoms with Crippen molar-refractivity contribution < 1.29 is 0 Å². The molecule has 0 saturated heterocycles. The first-order chi connectivity index (χ1) is 7.86. The van der Waals surface area contributed by atoms with Crippen LogP contribution in [-0.2, 0) is 0 Å². The van der Waals surface area contributed by atoms with Crippen molar-refractivity contribution in [1.29, 1.82) is 0 Å². The van der Waals surface area contributed by atoms with Crippen molar-refractivity contribution in [3.05, 3.63) is 42.6 Å². The molecule has 0 amide bonds. The van der Waals surface area contributed by atoms with Crippen LogP contribution in [0.1, 0.15) is 0 Å². The number of nitrogens with one attached hydrogen (secondary N) is 1. The SMILES string of the molecule is Nc1ccc2ccccc2c1-c1cn[nH]n1. The van der Waals surface area contributed by atoms with Crippen LogP contribution in [0.25, 0.3) is 22.0 Å². The Balaban J connectivity index is 2.42. The fourth-order valence-corrected chi connectivity index (χ4v) is 1.90. The molecule has 0 radical (unpaired) electrons. The number of rotatable bonds is 1. The van der Waals surface area contributed by atoms with Gasteiger partial charge in [0.15, 0.2) is 0 Å². The van der Waals surface area contributed by atoms with Crippen LogP contribution in [0.15, 0.2) is 42.6 Å². The average molecular weight is 210 g/mol. The molecule has 2 aromatic carbocycles. The van der Waals surface area contributed by atoms with E-state index in [0.717, 1.165) is 22.0 Å². The van der Waals surface area contributed by atoms with Gasteiger partial charge in [0.25, 0.3) is 0 Å². The van der Waals surface area contributed by atoms with Crippen LogP contribution in [0.5, 0.6) is 0 Å². The molecule has 0 bridgehead atoms. The summed E-state index contributed by atoms with van der Waals surface area (Å²) in [6.07, 6.45) is 1.68. The molecule has 78 valence electrons. The number of nitrogens with two attached hydrogens (primary N) is 1. The molecule has 0 fully saturated rings. The Morgan fingerprint density at radius 1 is 1.06 bits per heavy atom. The van der Waals surface area contributed by atoms with Gasteiger partial charge in [0.2, 0.25) is 0 Å². The van der Waals surface area contributed by atoms with Gasteiger partial charge in [0.1, 0.15) is 5.69 Å². The van der Waals surface area contributed by atoms with E-state index in [9.17, 15) is 0 Å². The largest absolute Gasteiger partial charge is 0.398 e. The third-order valence-electron chi connectivity index (χ3n) is 2.63. The lowest BCUT2D eigenvalue weighted by Crippen LogP contribution is -1.91. The molecule has 1 heterocycles. The molecule has 3 N–H and O–H groups in total. The number of H-pyrrole nitrogens is 1. The second-order valence-electron chi connectivity index (χ2n) is 3.61. The van der Waals surface area contributed by atoms with E-state index in [1.807, 2.05) is 30.3 Å². The van der Waals surface area contributed by atoms with Gasteiger partial charge in [0, 0.05) is 11.3 Å². The van der Waals surface area contributed by atoms with Gasteiger partial charge in [-0.25, -0.2) is 0 Å². The Labute approximate surface area is 92.1 Å². The Hall–Kier alpha value is -2.36. The molecule has 0 aliphatic rings. The quantitative estimate of drug-likeness (QED) is 0.605. The van der Waals surface area contributed by atoms with Gasteiger partial charge in [-0.3, -0.25) is 0 Å². The van der Waals surface area contributed by atoms with Crippen LogP contribution >= 0.6 is 0 Å². The van der Waals surface area contributed by atoms with Gasteiger partial charge >= 0.3 is 0 Å². The summed E-state index contributed by atoms with van der Waals surface area (Å²) in [5.41, 5.74) is 8.42. The van der Waals surface area contributed by atoms with E-state index in [2.05, 4.69) is 21.5 Å². The minimum atomic E-state index is 0.715. The van der Waals surface area contributed by atoms with Gasteiger partial charge in [-0.2, -0.15) is 15.4 Å². The first-order valence-electron chi connectivity index (χ1n) is 4.99. The maximum atomic E-state index is 6.00. The van der Waals surface area contributed by atoms with Crippen molar-refractivity contribution in [3.63, 3.8) is 0 Å². The predicted molar refractivity (Wildman–Crippen MR) is 63.7 cm³/mol. The second kappa shape index (κ2) is 3.34. The smallest absolute Gasteiger partial charge is 0.115 e. The Kier molecular flexibility index (Phi) is 1.86. The summed E-state index contributed by atoms with van der Waals surface area (Å²) in [6.45, 7) is 0. The highest BCUT2D eigenvalue weighted by Gasteiger charge is 2.09. The number of fused-ring (bicyclic) bond motifs is 1. The molecule has 3 rings (SSSR count). The number of anilines is 1. The molecule has 0 spiro atoms. The molecule has 3 aromatic rings. The number of nitrogen functional groups attached to an aromatic ring is 1. The zero-order valence-electron chi connectivity index (χ0n) is 8.51. The lowest BCUT2D eigenvalue weighted by molar-refractivity contribution is 0.942. The minimum absolute atomic E-state index is 0.715. The zero-order valence-corrected chi connectivity index (χ0v) is 8.51. The van der Waals surface area contributed by atoms with E-state index >= 15 is 0 Å². The monoisotopic (exact) mass is 210 g/mol. The lowest BCUT2D eigenvalue weighted by atomic mass is 10.0. The summed E-state index contributed by atoms with van der Waals surface area (Å²) in [5.74, 6) is 0. The molecule has 0 atom stereocenters. The number of nitrogens with zero attached hydrogens (tertiary/aromatic N) is 2.